The summed E-state index contributed by atoms with van der Waals surface area (Å²) < 4.78 is 2.44. The van der Waals surface area contributed by atoms with Gasteiger partial charge in [-0.15, -0.1) is 0 Å². The maximum atomic E-state index is 5.38. The molecule has 0 aliphatic heterocycles. The van der Waals surface area contributed by atoms with Gasteiger partial charge in [-0.05, 0) is 59.0 Å². The monoisotopic (exact) mass is 806 g/mol. The van der Waals surface area contributed by atoms with Crippen molar-refractivity contribution in [1.29, 1.82) is 0 Å². The minimum absolute atomic E-state index is 0.593. The van der Waals surface area contributed by atoms with Crippen LogP contribution in [0.4, 0.5) is 0 Å². The average Bonchev–Trinajstić information content (AvgIpc) is 3.69. The third-order valence-corrected chi connectivity index (χ3v) is 12.3. The molecule has 4 heteroatoms. The number of benzene rings is 9. The zero-order valence-corrected chi connectivity index (χ0v) is 34.8. The maximum Gasteiger partial charge on any atom is 0.164 e. The third-order valence-electron chi connectivity index (χ3n) is 12.3. The number of rotatable bonds is 9. The molecule has 0 aliphatic rings. The molecule has 0 N–H and O–H groups in total. The highest BCUT2D eigenvalue weighted by Crippen LogP contribution is 2.51. The van der Waals surface area contributed by atoms with E-state index in [0.29, 0.717) is 17.5 Å². The molecule has 0 bridgehead atoms. The van der Waals surface area contributed by atoms with Crippen LogP contribution in [0.3, 0.4) is 0 Å². The van der Waals surface area contributed by atoms with Gasteiger partial charge in [-0.25, -0.2) is 15.0 Å². The molecule has 11 rings (SSSR count). The number of aromatic nitrogens is 4. The van der Waals surface area contributed by atoms with E-state index in [9.17, 15) is 0 Å². The Labute approximate surface area is 367 Å². The van der Waals surface area contributed by atoms with E-state index in [4.69, 9.17) is 15.0 Å². The summed E-state index contributed by atoms with van der Waals surface area (Å²) >= 11 is 0. The number of fused-ring (bicyclic) bond motifs is 3. The van der Waals surface area contributed by atoms with Crippen molar-refractivity contribution in [3.05, 3.63) is 264 Å². The molecule has 11 aromatic rings. The standard InChI is InChI=1S/C59H42N4/c1-41-38-39-53-50(40-41)47-32-18-20-36-52(47)63(53)54-37-21-34-49(58-61-56(42-22-7-2-8-23-42)60-57(62-58)43-24-9-3-10-25-43)55(54)48-33-17-19-35-51(48)59(44-26-11-4-12-27-44,45-28-13-5-14-29-45)46-30-15-6-16-31-46/h2-40H,1H3. The van der Waals surface area contributed by atoms with Gasteiger partial charge in [-0.2, -0.15) is 0 Å². The molecule has 2 aromatic heterocycles. The lowest BCUT2D eigenvalue weighted by Gasteiger charge is -2.38. The van der Waals surface area contributed by atoms with Crippen LogP contribution >= 0.6 is 0 Å². The molecule has 0 fully saturated rings. The Morgan fingerprint density at radius 2 is 0.825 bits per heavy atom. The summed E-state index contributed by atoms with van der Waals surface area (Å²) in [5.74, 6) is 1.82. The van der Waals surface area contributed by atoms with Crippen LogP contribution in [0.5, 0.6) is 0 Å². The van der Waals surface area contributed by atoms with Crippen molar-refractivity contribution in [3.8, 4) is 51.0 Å². The molecule has 4 nitrogen and oxygen atoms in total. The van der Waals surface area contributed by atoms with Crippen LogP contribution in [0.2, 0.25) is 0 Å². The molecule has 0 aliphatic carbocycles. The highest BCUT2D eigenvalue weighted by molar-refractivity contribution is 6.10. The summed E-state index contributed by atoms with van der Waals surface area (Å²) in [5, 5.41) is 2.41. The van der Waals surface area contributed by atoms with Crippen molar-refractivity contribution in [1.82, 2.24) is 19.5 Å². The Hall–Kier alpha value is -8.21. The van der Waals surface area contributed by atoms with Gasteiger partial charge in [0.2, 0.25) is 0 Å². The molecular formula is C59H42N4. The van der Waals surface area contributed by atoms with Gasteiger partial charge in [-0.1, -0.05) is 218 Å². The fourth-order valence-corrected chi connectivity index (χ4v) is 9.53. The molecule has 63 heavy (non-hydrogen) atoms. The quantitative estimate of drug-likeness (QED) is 0.136. The normalized spacial score (nSPS) is 11.6. The molecule has 9 aromatic carbocycles. The predicted octanol–water partition coefficient (Wildman–Crippen LogP) is 14.3. The smallest absolute Gasteiger partial charge is 0.164 e. The summed E-state index contributed by atoms with van der Waals surface area (Å²) in [6.45, 7) is 2.17. The van der Waals surface area contributed by atoms with Gasteiger partial charge in [0, 0.05) is 33.0 Å². The second-order valence-corrected chi connectivity index (χ2v) is 16.0. The Morgan fingerprint density at radius 3 is 1.41 bits per heavy atom. The third kappa shape index (κ3) is 6.52. The first-order chi connectivity index (χ1) is 31.2. The van der Waals surface area contributed by atoms with E-state index in [0.717, 1.165) is 50.1 Å². The molecule has 0 saturated heterocycles. The molecule has 0 saturated carbocycles. The Balaban J connectivity index is 1.31. The number of hydrogen-bond donors (Lipinski definition) is 0. The summed E-state index contributed by atoms with van der Waals surface area (Å²) in [6, 6.07) is 84.3. The molecule has 0 unspecified atom stereocenters. The SMILES string of the molecule is Cc1ccc2c(c1)c1ccccc1n2-c1cccc(-c2nc(-c3ccccc3)nc(-c3ccccc3)n2)c1-c1ccccc1C(c1ccccc1)(c1ccccc1)c1ccccc1. The number of para-hydroxylation sites is 1. The van der Waals surface area contributed by atoms with E-state index in [-0.39, 0.29) is 0 Å². The van der Waals surface area contributed by atoms with Crippen LogP contribution in [0.1, 0.15) is 27.8 Å². The topological polar surface area (TPSA) is 43.6 Å². The lowest BCUT2D eigenvalue weighted by molar-refractivity contribution is 0.747. The van der Waals surface area contributed by atoms with Gasteiger partial charge in [0.15, 0.2) is 17.5 Å². The van der Waals surface area contributed by atoms with Crippen LogP contribution in [0.15, 0.2) is 237 Å². The first-order valence-corrected chi connectivity index (χ1v) is 21.5. The van der Waals surface area contributed by atoms with Crippen molar-refractivity contribution in [3.63, 3.8) is 0 Å². The number of hydrogen-bond acceptors (Lipinski definition) is 3. The zero-order valence-electron chi connectivity index (χ0n) is 34.8. The second kappa shape index (κ2) is 16.0. The van der Waals surface area contributed by atoms with Gasteiger partial charge in [0.1, 0.15) is 0 Å². The van der Waals surface area contributed by atoms with Crippen LogP contribution in [0.25, 0.3) is 72.8 Å². The second-order valence-electron chi connectivity index (χ2n) is 16.0. The molecule has 2 heterocycles. The average molecular weight is 807 g/mol. The Morgan fingerprint density at radius 1 is 0.365 bits per heavy atom. The largest absolute Gasteiger partial charge is 0.309 e. The summed E-state index contributed by atoms with van der Waals surface area (Å²) in [6.07, 6.45) is 0. The van der Waals surface area contributed by atoms with E-state index in [2.05, 4.69) is 212 Å². The summed E-state index contributed by atoms with van der Waals surface area (Å²) in [4.78, 5) is 15.9. The van der Waals surface area contributed by atoms with Crippen LogP contribution in [-0.4, -0.2) is 19.5 Å². The molecule has 0 spiro atoms. The lowest BCUT2D eigenvalue weighted by atomic mass is 9.63. The summed E-state index contributed by atoms with van der Waals surface area (Å²) in [5.41, 5.74) is 13.2. The van der Waals surface area contributed by atoms with Crippen LogP contribution in [0, 0.1) is 6.92 Å². The molecule has 0 atom stereocenters. The van der Waals surface area contributed by atoms with Crippen LogP contribution in [-0.2, 0) is 5.41 Å². The van der Waals surface area contributed by atoms with E-state index in [1.165, 1.54) is 33.0 Å². The molecule has 298 valence electrons. The van der Waals surface area contributed by atoms with Crippen LogP contribution < -0.4 is 0 Å². The maximum absolute atomic E-state index is 5.38. The van der Waals surface area contributed by atoms with Gasteiger partial charge >= 0.3 is 0 Å². The van der Waals surface area contributed by atoms with E-state index < -0.39 is 5.41 Å². The highest BCUT2D eigenvalue weighted by atomic mass is 15.0. The van der Waals surface area contributed by atoms with Crippen molar-refractivity contribution >= 4 is 21.8 Å². The Bertz CT molecular complexity index is 3230. The molecule has 0 radical (unpaired) electrons. The molecular weight excluding hydrogens is 765 g/mol. The van der Waals surface area contributed by atoms with Crippen molar-refractivity contribution < 1.29 is 0 Å². The fraction of sp³-hybridized carbons (Fsp3) is 0.0339. The van der Waals surface area contributed by atoms with E-state index >= 15 is 0 Å². The van der Waals surface area contributed by atoms with Gasteiger partial charge in [-0.3, -0.25) is 0 Å². The first kappa shape index (κ1) is 37.8. The zero-order chi connectivity index (χ0) is 42.2. The van der Waals surface area contributed by atoms with E-state index in [1.807, 2.05) is 36.4 Å². The first-order valence-electron chi connectivity index (χ1n) is 21.5. The van der Waals surface area contributed by atoms with E-state index in [1.54, 1.807) is 0 Å². The lowest BCUT2D eigenvalue weighted by Crippen LogP contribution is -2.31. The van der Waals surface area contributed by atoms with Gasteiger partial charge in [0.05, 0.1) is 22.1 Å². The Kier molecular flexibility index (Phi) is 9.59. The van der Waals surface area contributed by atoms with Crippen molar-refractivity contribution in [2.75, 3.05) is 0 Å². The van der Waals surface area contributed by atoms with Gasteiger partial charge < -0.3 is 4.57 Å². The predicted molar refractivity (Wildman–Crippen MR) is 259 cm³/mol. The minimum Gasteiger partial charge on any atom is -0.309 e. The molecule has 0 amide bonds. The summed E-state index contributed by atoms with van der Waals surface area (Å²) in [7, 11) is 0. The van der Waals surface area contributed by atoms with Crippen molar-refractivity contribution in [2.45, 2.75) is 12.3 Å². The fourth-order valence-electron chi connectivity index (χ4n) is 9.53. The number of nitrogens with zero attached hydrogens (tertiary/aromatic N) is 4. The van der Waals surface area contributed by atoms with Crippen molar-refractivity contribution in [2.24, 2.45) is 0 Å². The highest BCUT2D eigenvalue weighted by Gasteiger charge is 2.40. The van der Waals surface area contributed by atoms with Gasteiger partial charge in [0.25, 0.3) is 0 Å². The number of aryl methyl sites for hydroxylation is 1. The minimum atomic E-state index is -0.730.